The zero-order valence-electron chi connectivity index (χ0n) is 16.9. The largest absolute Gasteiger partial charge is 0.437 e. The summed E-state index contributed by atoms with van der Waals surface area (Å²) in [4.78, 5) is 14.0. The fraction of sp³-hybridized carbons (Fsp3) is 0.250. The Balaban J connectivity index is 1.71. The molecule has 1 saturated heterocycles. The van der Waals surface area contributed by atoms with Crippen molar-refractivity contribution < 1.29 is 4.42 Å². The highest BCUT2D eigenvalue weighted by Crippen LogP contribution is 2.43. The van der Waals surface area contributed by atoms with Gasteiger partial charge in [-0.3, -0.25) is 0 Å². The van der Waals surface area contributed by atoms with Crippen LogP contribution in [0.15, 0.2) is 69.8 Å². The number of rotatable bonds is 4. The van der Waals surface area contributed by atoms with Crippen molar-refractivity contribution in [3.05, 3.63) is 65.4 Å². The zero-order valence-corrected chi connectivity index (χ0v) is 18.5. The molecule has 1 aliphatic rings. The lowest BCUT2D eigenvalue weighted by molar-refractivity contribution is 0.271. The molecule has 1 aliphatic heterocycles. The molecular formula is C24H23BrN4O. The topological polar surface area (TPSA) is 45.4 Å². The van der Waals surface area contributed by atoms with E-state index in [2.05, 4.69) is 74.0 Å². The van der Waals surface area contributed by atoms with Crippen molar-refractivity contribution in [3.8, 4) is 22.5 Å². The first-order valence-electron chi connectivity index (χ1n) is 10.3. The Morgan fingerprint density at radius 3 is 2.33 bits per heavy atom. The van der Waals surface area contributed by atoms with Crippen LogP contribution in [-0.4, -0.2) is 47.6 Å². The van der Waals surface area contributed by atoms with Crippen LogP contribution in [-0.2, 0) is 0 Å². The summed E-state index contributed by atoms with van der Waals surface area (Å²) in [6.45, 7) is 7.29. The molecule has 0 radical (unpaired) electrons. The number of hydrogen-bond acceptors (Lipinski definition) is 5. The third-order valence-corrected chi connectivity index (χ3v) is 6.28. The fourth-order valence-corrected chi connectivity index (χ4v) is 4.38. The summed E-state index contributed by atoms with van der Waals surface area (Å²) in [7, 11) is 0. The van der Waals surface area contributed by atoms with Gasteiger partial charge in [-0.2, -0.15) is 0 Å². The van der Waals surface area contributed by atoms with Crippen LogP contribution in [0.2, 0.25) is 0 Å². The lowest BCUT2D eigenvalue weighted by atomic mass is 9.99. The Morgan fingerprint density at radius 2 is 1.63 bits per heavy atom. The zero-order chi connectivity index (χ0) is 20.5. The Hall–Kier alpha value is -2.70. The third kappa shape index (κ3) is 3.50. The molecule has 2 aromatic carbocycles. The molecule has 30 heavy (non-hydrogen) atoms. The number of furan rings is 1. The normalized spacial score (nSPS) is 15.1. The van der Waals surface area contributed by atoms with Gasteiger partial charge in [-0.25, -0.2) is 9.97 Å². The molecule has 0 unspecified atom stereocenters. The number of anilines is 1. The molecule has 6 heteroatoms. The minimum absolute atomic E-state index is 0.634. The second-order valence-corrected chi connectivity index (χ2v) is 8.39. The molecule has 0 aliphatic carbocycles. The second-order valence-electron chi connectivity index (χ2n) is 7.48. The molecule has 0 saturated carbocycles. The van der Waals surface area contributed by atoms with Crippen LogP contribution in [0.4, 0.5) is 5.82 Å². The molecule has 0 atom stereocenters. The van der Waals surface area contributed by atoms with Gasteiger partial charge in [0, 0.05) is 41.8 Å². The van der Waals surface area contributed by atoms with Gasteiger partial charge in [0.15, 0.2) is 0 Å². The minimum Gasteiger partial charge on any atom is -0.437 e. The highest BCUT2D eigenvalue weighted by atomic mass is 79.9. The van der Waals surface area contributed by atoms with Gasteiger partial charge in [-0.05, 0) is 24.2 Å². The number of fused-ring (bicyclic) bond motifs is 1. The van der Waals surface area contributed by atoms with Crippen LogP contribution in [0.5, 0.6) is 0 Å². The minimum atomic E-state index is 0.634. The predicted molar refractivity (Wildman–Crippen MR) is 125 cm³/mol. The second kappa shape index (κ2) is 8.20. The molecule has 4 aromatic rings. The molecule has 1 fully saturated rings. The van der Waals surface area contributed by atoms with Crippen molar-refractivity contribution >= 4 is 32.8 Å². The van der Waals surface area contributed by atoms with E-state index in [0.717, 1.165) is 70.9 Å². The Bertz CT molecular complexity index is 1150. The Kier molecular flexibility index (Phi) is 5.27. The van der Waals surface area contributed by atoms with E-state index >= 15 is 0 Å². The number of halogens is 1. The maximum atomic E-state index is 6.35. The molecular weight excluding hydrogens is 440 g/mol. The summed E-state index contributed by atoms with van der Waals surface area (Å²) in [6.07, 6.45) is 1.62. The van der Waals surface area contributed by atoms with Gasteiger partial charge in [-0.15, -0.1) is 0 Å². The number of aromatic nitrogens is 2. The molecule has 5 rings (SSSR count). The maximum absolute atomic E-state index is 6.35. The molecule has 0 amide bonds. The van der Waals surface area contributed by atoms with Crippen LogP contribution in [0, 0.1) is 0 Å². The summed E-state index contributed by atoms with van der Waals surface area (Å²) < 4.78 is 7.39. The van der Waals surface area contributed by atoms with Crippen molar-refractivity contribution in [2.75, 3.05) is 37.6 Å². The van der Waals surface area contributed by atoms with Crippen LogP contribution >= 0.6 is 15.9 Å². The van der Waals surface area contributed by atoms with E-state index < -0.39 is 0 Å². The van der Waals surface area contributed by atoms with Gasteiger partial charge in [0.05, 0.1) is 5.39 Å². The van der Waals surface area contributed by atoms with E-state index in [0.29, 0.717) is 5.71 Å². The molecule has 0 N–H and O–H groups in total. The first-order valence-corrected chi connectivity index (χ1v) is 11.1. The number of nitrogens with zero attached hydrogens (tertiary/aromatic N) is 4. The third-order valence-electron chi connectivity index (χ3n) is 5.76. The highest BCUT2D eigenvalue weighted by molar-refractivity contribution is 9.10. The van der Waals surface area contributed by atoms with Gasteiger partial charge in [0.2, 0.25) is 5.71 Å². The summed E-state index contributed by atoms with van der Waals surface area (Å²) in [5.41, 5.74) is 3.82. The van der Waals surface area contributed by atoms with E-state index in [9.17, 15) is 0 Å². The highest BCUT2D eigenvalue weighted by Gasteiger charge is 2.26. The number of likely N-dealkylation sites (N-methyl/N-ethyl adjacent to an activating group) is 1. The van der Waals surface area contributed by atoms with E-state index in [1.54, 1.807) is 6.33 Å². The van der Waals surface area contributed by atoms with Crippen LogP contribution in [0.3, 0.4) is 0 Å². The number of hydrogen-bond donors (Lipinski definition) is 0. The SMILES string of the molecule is CCN1CCN(c2ncnc3oc(-c4ccc(Br)cc4)c(-c4ccccc4)c23)CC1. The Morgan fingerprint density at radius 1 is 0.900 bits per heavy atom. The molecule has 5 nitrogen and oxygen atoms in total. The standard InChI is InChI=1S/C24H23BrN4O/c1-2-28-12-14-29(15-13-28)23-21-20(17-6-4-3-5-7-17)22(30-24(21)27-16-26-23)18-8-10-19(25)11-9-18/h3-11,16H,2,12-15H2,1H3. The summed E-state index contributed by atoms with van der Waals surface area (Å²) >= 11 is 3.53. The van der Waals surface area contributed by atoms with Gasteiger partial charge < -0.3 is 14.2 Å². The molecule has 0 spiro atoms. The smallest absolute Gasteiger partial charge is 0.232 e. The quantitative estimate of drug-likeness (QED) is 0.402. The van der Waals surface area contributed by atoms with Crippen molar-refractivity contribution in [2.24, 2.45) is 0 Å². The summed E-state index contributed by atoms with van der Waals surface area (Å²) in [5, 5.41) is 0.992. The molecule has 0 bridgehead atoms. The van der Waals surface area contributed by atoms with Crippen LogP contribution in [0.1, 0.15) is 6.92 Å². The van der Waals surface area contributed by atoms with Gasteiger partial charge in [0.25, 0.3) is 0 Å². The molecule has 2 aromatic heterocycles. The van der Waals surface area contributed by atoms with Gasteiger partial charge >= 0.3 is 0 Å². The van der Waals surface area contributed by atoms with Gasteiger partial charge in [0.1, 0.15) is 17.9 Å². The van der Waals surface area contributed by atoms with E-state index in [1.165, 1.54) is 0 Å². The number of benzene rings is 2. The van der Waals surface area contributed by atoms with Crippen LogP contribution < -0.4 is 4.90 Å². The first kappa shape index (κ1) is 19.3. The first-order chi connectivity index (χ1) is 14.7. The fourth-order valence-electron chi connectivity index (χ4n) is 4.12. The van der Waals surface area contributed by atoms with E-state index in [-0.39, 0.29) is 0 Å². The average Bonchev–Trinajstić information content (AvgIpc) is 3.20. The average molecular weight is 463 g/mol. The predicted octanol–water partition coefficient (Wildman–Crippen LogP) is 5.46. The monoisotopic (exact) mass is 462 g/mol. The van der Waals surface area contributed by atoms with Crippen LogP contribution in [0.25, 0.3) is 33.6 Å². The van der Waals surface area contributed by atoms with Crippen molar-refractivity contribution in [2.45, 2.75) is 6.92 Å². The summed E-state index contributed by atoms with van der Waals surface area (Å²) in [5.74, 6) is 1.79. The lowest BCUT2D eigenvalue weighted by Gasteiger charge is -2.35. The van der Waals surface area contributed by atoms with Crippen molar-refractivity contribution in [1.29, 1.82) is 0 Å². The summed E-state index contributed by atoms with van der Waals surface area (Å²) in [6, 6.07) is 18.6. The van der Waals surface area contributed by atoms with Crippen molar-refractivity contribution in [3.63, 3.8) is 0 Å². The molecule has 3 heterocycles. The number of piperazine rings is 1. The van der Waals surface area contributed by atoms with Crippen molar-refractivity contribution in [1.82, 2.24) is 14.9 Å². The van der Waals surface area contributed by atoms with E-state index in [1.807, 2.05) is 18.2 Å². The maximum Gasteiger partial charge on any atom is 0.232 e. The molecule has 152 valence electrons. The lowest BCUT2D eigenvalue weighted by Crippen LogP contribution is -2.46. The van der Waals surface area contributed by atoms with E-state index in [4.69, 9.17) is 9.40 Å². The van der Waals surface area contributed by atoms with Gasteiger partial charge in [-0.1, -0.05) is 65.3 Å². The Labute approximate surface area is 184 Å².